The van der Waals surface area contributed by atoms with Crippen LogP contribution in [0.25, 0.3) is 0 Å². The topological polar surface area (TPSA) is 99.1 Å². The molecule has 238 valence electrons. The second kappa shape index (κ2) is 26.3. The van der Waals surface area contributed by atoms with Gasteiger partial charge in [-0.3, -0.25) is 0 Å². The van der Waals surface area contributed by atoms with Crippen LogP contribution in [0.4, 0.5) is 0 Å². The maximum Gasteiger partial charge on any atom is 0.355 e. The summed E-state index contributed by atoms with van der Waals surface area (Å²) >= 11 is 0. The van der Waals surface area contributed by atoms with E-state index >= 15 is 0 Å². The molecule has 0 saturated heterocycles. The highest BCUT2D eigenvalue weighted by molar-refractivity contribution is 5.75. The lowest BCUT2D eigenvalue weighted by molar-refractivity contribution is -0.259. The summed E-state index contributed by atoms with van der Waals surface area (Å²) in [7, 11) is 0. The van der Waals surface area contributed by atoms with Crippen LogP contribution in [0.2, 0.25) is 0 Å². The fourth-order valence-electron chi connectivity index (χ4n) is 4.86. The second-order valence-electron chi connectivity index (χ2n) is 13.1. The minimum absolute atomic E-state index is 0.0533. The first-order valence-electron chi connectivity index (χ1n) is 16.2. The zero-order valence-corrected chi connectivity index (χ0v) is 27.2. The van der Waals surface area contributed by atoms with Crippen LogP contribution in [0.1, 0.15) is 183 Å². The fourth-order valence-corrected chi connectivity index (χ4v) is 4.86. The van der Waals surface area contributed by atoms with Crippen molar-refractivity contribution in [2.45, 2.75) is 183 Å². The molecule has 7 nitrogen and oxygen atoms in total. The van der Waals surface area contributed by atoms with Gasteiger partial charge in [0.05, 0.1) is 18.3 Å². The third-order valence-corrected chi connectivity index (χ3v) is 6.80. The number of hydrogen-bond acceptors (Lipinski definition) is 7. The Kier molecular flexibility index (Phi) is 26.6. The van der Waals surface area contributed by atoms with Gasteiger partial charge >= 0.3 is 17.9 Å². The van der Waals surface area contributed by atoms with E-state index < -0.39 is 23.3 Å². The summed E-state index contributed by atoms with van der Waals surface area (Å²) < 4.78 is 0. The molecule has 7 heteroatoms. The van der Waals surface area contributed by atoms with Gasteiger partial charge in [0.2, 0.25) is 0 Å². The maximum absolute atomic E-state index is 11.6. The van der Waals surface area contributed by atoms with Crippen molar-refractivity contribution in [3.8, 4) is 0 Å². The Morgan fingerprint density at radius 1 is 0.525 bits per heavy atom. The van der Waals surface area contributed by atoms with E-state index in [0.717, 1.165) is 38.5 Å². The summed E-state index contributed by atoms with van der Waals surface area (Å²) in [5.41, 5.74) is -0.565. The maximum atomic E-state index is 11.6. The summed E-state index contributed by atoms with van der Waals surface area (Å²) in [4.78, 5) is 47.2. The Morgan fingerprint density at radius 2 is 0.825 bits per heavy atom. The zero-order valence-electron chi connectivity index (χ0n) is 27.2. The normalized spacial score (nSPS) is 11.4. The molecule has 0 heterocycles. The fraction of sp³-hybridized carbons (Fsp3) is 0.909. The average Bonchev–Trinajstić information content (AvgIpc) is 2.88. The van der Waals surface area contributed by atoms with Crippen molar-refractivity contribution >= 4 is 17.9 Å². The molecule has 0 aliphatic heterocycles. The molecule has 0 aromatic heterocycles. The monoisotopic (exact) mass is 572 g/mol. The standard InChI is InChI=1S/C24H46O4.C9H18O3/c1-3-5-7-9-11-13-15-17-19-21-23(25)27-28-24(26)22-20-18-16-14-12-10-8-6-4-2;1-8(2,3)6-9(4,5)7(10)12-11/h3-22H2,1-2H3;11H,6H2,1-5H3. The molecule has 0 rings (SSSR count). The lowest BCUT2D eigenvalue weighted by Gasteiger charge is -2.28. The van der Waals surface area contributed by atoms with E-state index in [0.29, 0.717) is 19.3 Å². The van der Waals surface area contributed by atoms with Crippen LogP contribution in [0.5, 0.6) is 0 Å². The highest BCUT2D eigenvalue weighted by Gasteiger charge is 2.34. The molecule has 0 aromatic carbocycles. The van der Waals surface area contributed by atoms with E-state index in [2.05, 4.69) is 28.5 Å². The summed E-state index contributed by atoms with van der Waals surface area (Å²) in [6.45, 7) is 14.1. The van der Waals surface area contributed by atoms with Crippen molar-refractivity contribution in [2.24, 2.45) is 10.8 Å². The summed E-state index contributed by atoms with van der Waals surface area (Å²) in [5.74, 6) is -1.43. The van der Waals surface area contributed by atoms with Crippen molar-refractivity contribution in [1.82, 2.24) is 0 Å². The first-order chi connectivity index (χ1) is 18.9. The predicted octanol–water partition coefficient (Wildman–Crippen LogP) is 10.3. The molecule has 40 heavy (non-hydrogen) atoms. The Bertz CT molecular complexity index is 589. The number of hydrogen-bond donors (Lipinski definition) is 1. The molecule has 0 fully saturated rings. The lowest BCUT2D eigenvalue weighted by atomic mass is 9.76. The van der Waals surface area contributed by atoms with Gasteiger partial charge in [-0.05, 0) is 38.5 Å². The first kappa shape index (κ1) is 40.5. The van der Waals surface area contributed by atoms with E-state index in [1.807, 2.05) is 20.8 Å². The van der Waals surface area contributed by atoms with Crippen LogP contribution in [-0.2, 0) is 29.0 Å². The van der Waals surface area contributed by atoms with Crippen LogP contribution in [0, 0.1) is 10.8 Å². The molecular weight excluding hydrogens is 508 g/mol. The smallest absolute Gasteiger partial charge is 0.300 e. The third kappa shape index (κ3) is 29.4. The Morgan fingerprint density at radius 3 is 1.10 bits per heavy atom. The van der Waals surface area contributed by atoms with Gasteiger partial charge in [-0.2, -0.15) is 5.26 Å². The van der Waals surface area contributed by atoms with E-state index in [9.17, 15) is 14.4 Å². The largest absolute Gasteiger partial charge is 0.355 e. The molecule has 0 bridgehead atoms. The van der Waals surface area contributed by atoms with Crippen molar-refractivity contribution < 1.29 is 34.3 Å². The van der Waals surface area contributed by atoms with Gasteiger partial charge in [-0.1, -0.05) is 137 Å². The minimum atomic E-state index is -0.618. The molecule has 0 atom stereocenters. The first-order valence-corrected chi connectivity index (χ1v) is 16.2. The van der Waals surface area contributed by atoms with Crippen LogP contribution in [0.3, 0.4) is 0 Å². The van der Waals surface area contributed by atoms with E-state index in [4.69, 9.17) is 5.26 Å². The molecule has 0 saturated carbocycles. The molecular formula is C33H64O7. The number of carbonyl (C=O) groups is 3. The molecule has 0 aliphatic carbocycles. The molecule has 0 aliphatic rings. The molecule has 1 N–H and O–H groups in total. The van der Waals surface area contributed by atoms with Gasteiger partial charge in [0.1, 0.15) is 0 Å². The second-order valence-corrected chi connectivity index (χ2v) is 13.1. The Balaban J connectivity index is 0. The van der Waals surface area contributed by atoms with Crippen molar-refractivity contribution in [2.75, 3.05) is 0 Å². The van der Waals surface area contributed by atoms with Gasteiger partial charge in [-0.25, -0.2) is 24.2 Å². The van der Waals surface area contributed by atoms with Gasteiger partial charge in [0.15, 0.2) is 0 Å². The quantitative estimate of drug-likeness (QED) is 0.0782. The summed E-state index contributed by atoms with van der Waals surface area (Å²) in [6.07, 6.45) is 23.0. The highest BCUT2D eigenvalue weighted by atomic mass is 17.2. The molecule has 0 amide bonds. The SMILES string of the molecule is CC(C)(C)CC(C)(C)C(=O)OO.CCCCCCCCCCCC(=O)OOC(=O)CCCCCCCCCCC. The summed E-state index contributed by atoms with van der Waals surface area (Å²) in [6, 6.07) is 0. The van der Waals surface area contributed by atoms with Gasteiger partial charge in [0, 0.05) is 0 Å². The lowest BCUT2D eigenvalue weighted by Crippen LogP contribution is -2.30. The van der Waals surface area contributed by atoms with Gasteiger partial charge in [0.25, 0.3) is 0 Å². The van der Waals surface area contributed by atoms with Gasteiger partial charge in [-0.15, -0.1) is 0 Å². The number of rotatable bonds is 22. The molecule has 0 unspecified atom stereocenters. The van der Waals surface area contributed by atoms with Crippen LogP contribution >= 0.6 is 0 Å². The third-order valence-electron chi connectivity index (χ3n) is 6.80. The van der Waals surface area contributed by atoms with Crippen LogP contribution < -0.4 is 0 Å². The van der Waals surface area contributed by atoms with E-state index in [1.165, 1.54) is 77.0 Å². The van der Waals surface area contributed by atoms with Crippen molar-refractivity contribution in [3.05, 3.63) is 0 Å². The zero-order chi connectivity index (χ0) is 30.7. The Hall–Kier alpha value is -1.63. The number of unbranched alkanes of at least 4 members (excludes halogenated alkanes) is 16. The highest BCUT2D eigenvalue weighted by Crippen LogP contribution is 2.33. The molecule has 0 aromatic rings. The predicted molar refractivity (Wildman–Crippen MR) is 162 cm³/mol. The Labute approximate surface area is 246 Å². The van der Waals surface area contributed by atoms with E-state index in [1.54, 1.807) is 13.8 Å². The molecule has 0 spiro atoms. The van der Waals surface area contributed by atoms with E-state index in [-0.39, 0.29) is 5.41 Å². The minimum Gasteiger partial charge on any atom is -0.300 e. The van der Waals surface area contributed by atoms with Crippen molar-refractivity contribution in [3.63, 3.8) is 0 Å². The van der Waals surface area contributed by atoms with Gasteiger partial charge < -0.3 is 4.89 Å². The summed E-state index contributed by atoms with van der Waals surface area (Å²) in [5, 5.41) is 8.22. The number of carbonyl (C=O) groups excluding carboxylic acids is 3. The molecule has 0 radical (unpaired) electrons. The van der Waals surface area contributed by atoms with Crippen LogP contribution in [0.15, 0.2) is 0 Å². The van der Waals surface area contributed by atoms with Crippen molar-refractivity contribution in [1.29, 1.82) is 0 Å². The van der Waals surface area contributed by atoms with Crippen LogP contribution in [-0.4, -0.2) is 23.2 Å². The average molecular weight is 573 g/mol.